The fourth-order valence-electron chi connectivity index (χ4n) is 3.80. The number of allylic oxidation sites excluding steroid dienone is 1. The highest BCUT2D eigenvalue weighted by Crippen LogP contribution is 2.32. The van der Waals surface area contributed by atoms with Crippen LogP contribution in [0.15, 0.2) is 36.4 Å². The van der Waals surface area contributed by atoms with E-state index in [-0.39, 0.29) is 0 Å². The van der Waals surface area contributed by atoms with E-state index in [9.17, 15) is 8.78 Å². The van der Waals surface area contributed by atoms with Gasteiger partial charge in [0.25, 0.3) is 0 Å². The minimum Gasteiger partial charge on any atom is -0.320 e. The van der Waals surface area contributed by atoms with Crippen LogP contribution in [0.3, 0.4) is 0 Å². The molecule has 0 atom stereocenters. The topological polar surface area (TPSA) is 8.17 Å². The van der Waals surface area contributed by atoms with Gasteiger partial charge in [-0.3, -0.25) is 0 Å². The molecule has 0 radical (unpaired) electrons. The van der Waals surface area contributed by atoms with Crippen molar-refractivity contribution in [3.8, 4) is 0 Å². The molecule has 0 bridgehead atoms. The Morgan fingerprint density at radius 2 is 1.88 bits per heavy atom. The normalized spacial score (nSPS) is 15.5. The zero-order valence-electron chi connectivity index (χ0n) is 15.3. The van der Waals surface area contributed by atoms with Crippen molar-refractivity contribution in [2.75, 3.05) is 13.6 Å². The van der Waals surface area contributed by atoms with Crippen LogP contribution in [0.1, 0.15) is 29.3 Å². The Balaban J connectivity index is 1.89. The first-order valence-corrected chi connectivity index (χ1v) is 8.88. The average Bonchev–Trinajstić information content (AvgIpc) is 2.90. The molecule has 134 valence electrons. The van der Waals surface area contributed by atoms with Crippen LogP contribution in [-0.2, 0) is 13.0 Å². The summed E-state index contributed by atoms with van der Waals surface area (Å²) in [6.45, 7) is 5.99. The first-order chi connectivity index (χ1) is 12.4. The maximum atomic E-state index is 13.6. The Labute approximate surface area is 152 Å². The van der Waals surface area contributed by atoms with Crippen LogP contribution in [0.25, 0.3) is 22.7 Å². The van der Waals surface area contributed by atoms with E-state index in [0.29, 0.717) is 5.56 Å². The smallest absolute Gasteiger partial charge is 0.159 e. The maximum Gasteiger partial charge on any atom is 0.159 e. The number of hydrogen-bond acceptors (Lipinski definition) is 1. The predicted molar refractivity (Wildman–Crippen MR) is 103 cm³/mol. The molecule has 0 N–H and O–H groups in total. The number of halogens is 2. The summed E-state index contributed by atoms with van der Waals surface area (Å²) < 4.78 is 29.1. The van der Waals surface area contributed by atoms with Crippen LogP contribution in [0, 0.1) is 18.6 Å². The first-order valence-electron chi connectivity index (χ1n) is 8.88. The zero-order valence-corrected chi connectivity index (χ0v) is 15.3. The van der Waals surface area contributed by atoms with Crippen LogP contribution < -0.4 is 0 Å². The lowest BCUT2D eigenvalue weighted by atomic mass is 10.0. The summed E-state index contributed by atoms with van der Waals surface area (Å²) in [4.78, 5) is 2.33. The Bertz CT molecular complexity index is 1030. The minimum absolute atomic E-state index is 0.694. The van der Waals surface area contributed by atoms with E-state index >= 15 is 0 Å². The highest BCUT2D eigenvalue weighted by atomic mass is 19.2. The zero-order chi connectivity index (χ0) is 18.4. The van der Waals surface area contributed by atoms with Gasteiger partial charge in [0.05, 0.1) is 5.52 Å². The predicted octanol–water partition coefficient (Wildman–Crippen LogP) is 5.23. The molecule has 2 heterocycles. The van der Waals surface area contributed by atoms with Crippen molar-refractivity contribution >= 4 is 22.7 Å². The molecular weight excluding hydrogens is 330 g/mol. The van der Waals surface area contributed by atoms with E-state index in [0.717, 1.165) is 30.6 Å². The van der Waals surface area contributed by atoms with Crippen molar-refractivity contribution in [2.24, 2.45) is 0 Å². The van der Waals surface area contributed by atoms with Gasteiger partial charge in [-0.1, -0.05) is 17.7 Å². The van der Waals surface area contributed by atoms with Crippen molar-refractivity contribution in [3.05, 3.63) is 70.4 Å². The molecule has 4 rings (SSSR count). The fraction of sp³-hybridized carbons (Fsp3) is 0.273. The molecule has 2 aromatic carbocycles. The summed E-state index contributed by atoms with van der Waals surface area (Å²) in [6.07, 6.45) is 3.02. The molecule has 0 amide bonds. The molecule has 0 unspecified atom stereocenters. The van der Waals surface area contributed by atoms with Gasteiger partial charge in [-0.2, -0.15) is 0 Å². The fourth-order valence-corrected chi connectivity index (χ4v) is 3.80. The Morgan fingerprint density at radius 3 is 2.65 bits per heavy atom. The summed E-state index contributed by atoms with van der Waals surface area (Å²) in [5, 5.41) is 1.28. The number of hydrogen-bond donors (Lipinski definition) is 0. The van der Waals surface area contributed by atoms with E-state index in [2.05, 4.69) is 47.8 Å². The largest absolute Gasteiger partial charge is 0.320 e. The van der Waals surface area contributed by atoms with Crippen LogP contribution >= 0.6 is 0 Å². The monoisotopic (exact) mass is 352 g/mol. The van der Waals surface area contributed by atoms with Crippen molar-refractivity contribution < 1.29 is 8.78 Å². The Kier molecular flexibility index (Phi) is 4.16. The van der Waals surface area contributed by atoms with Crippen LogP contribution in [0.5, 0.6) is 0 Å². The third kappa shape index (κ3) is 2.84. The van der Waals surface area contributed by atoms with E-state index < -0.39 is 11.6 Å². The number of likely N-dealkylation sites (N-methyl/N-ethyl adjacent to an activating group) is 1. The molecule has 1 aliphatic rings. The molecule has 2 nitrogen and oxygen atoms in total. The molecule has 4 heteroatoms. The molecule has 0 saturated heterocycles. The molecule has 3 aromatic rings. The lowest BCUT2D eigenvalue weighted by Crippen LogP contribution is -2.26. The second-order valence-corrected chi connectivity index (χ2v) is 7.24. The summed E-state index contributed by atoms with van der Waals surface area (Å²) in [6, 6.07) is 10.6. The average molecular weight is 352 g/mol. The quantitative estimate of drug-likeness (QED) is 0.613. The number of aryl methyl sites for hydroxylation is 1. The molecular formula is C22H22F2N2. The summed E-state index contributed by atoms with van der Waals surface area (Å²) >= 11 is 0. The van der Waals surface area contributed by atoms with Gasteiger partial charge >= 0.3 is 0 Å². The third-order valence-corrected chi connectivity index (χ3v) is 5.23. The van der Waals surface area contributed by atoms with E-state index in [1.807, 2.05) is 6.92 Å². The van der Waals surface area contributed by atoms with Gasteiger partial charge in [-0.25, -0.2) is 8.78 Å². The third-order valence-electron chi connectivity index (χ3n) is 5.23. The summed E-state index contributed by atoms with van der Waals surface area (Å²) in [5.74, 6) is -1.63. The van der Waals surface area contributed by atoms with Gasteiger partial charge in [0, 0.05) is 36.8 Å². The molecule has 0 fully saturated rings. The number of rotatable bonds is 2. The molecule has 1 aromatic heterocycles. The van der Waals surface area contributed by atoms with Crippen LogP contribution in [-0.4, -0.2) is 23.1 Å². The number of benzene rings is 2. The molecule has 0 aliphatic carbocycles. The van der Waals surface area contributed by atoms with Crippen LogP contribution in [0.2, 0.25) is 0 Å². The van der Waals surface area contributed by atoms with Crippen molar-refractivity contribution in [2.45, 2.75) is 26.8 Å². The lowest BCUT2D eigenvalue weighted by molar-refractivity contribution is 0.312. The van der Waals surface area contributed by atoms with Gasteiger partial charge in [0.2, 0.25) is 0 Å². The van der Waals surface area contributed by atoms with Gasteiger partial charge in [-0.15, -0.1) is 0 Å². The van der Waals surface area contributed by atoms with Crippen molar-refractivity contribution in [3.63, 3.8) is 0 Å². The SMILES string of the molecule is CC(=Cn1c2c(c3cc(C)ccc31)CN(C)CC2)c1ccc(F)c(F)c1. The number of fused-ring (bicyclic) bond motifs is 3. The maximum absolute atomic E-state index is 13.6. The van der Waals surface area contributed by atoms with Gasteiger partial charge < -0.3 is 9.47 Å². The highest BCUT2D eigenvalue weighted by molar-refractivity contribution is 5.90. The Morgan fingerprint density at radius 1 is 1.08 bits per heavy atom. The van der Waals surface area contributed by atoms with E-state index in [1.165, 1.54) is 34.3 Å². The molecule has 0 saturated carbocycles. The van der Waals surface area contributed by atoms with Gasteiger partial charge in [0.1, 0.15) is 0 Å². The van der Waals surface area contributed by atoms with Gasteiger partial charge in [-0.05, 0) is 61.9 Å². The second-order valence-electron chi connectivity index (χ2n) is 7.24. The summed E-state index contributed by atoms with van der Waals surface area (Å²) in [5.41, 5.74) is 6.69. The van der Waals surface area contributed by atoms with Crippen molar-refractivity contribution in [1.82, 2.24) is 9.47 Å². The molecule has 26 heavy (non-hydrogen) atoms. The molecule has 1 aliphatic heterocycles. The lowest BCUT2D eigenvalue weighted by Gasteiger charge is -2.23. The summed E-state index contributed by atoms with van der Waals surface area (Å²) in [7, 11) is 2.14. The number of aromatic nitrogens is 1. The minimum atomic E-state index is -0.816. The van der Waals surface area contributed by atoms with Crippen LogP contribution in [0.4, 0.5) is 8.78 Å². The van der Waals surface area contributed by atoms with E-state index in [1.54, 1.807) is 6.07 Å². The van der Waals surface area contributed by atoms with Gasteiger partial charge in [0.15, 0.2) is 11.6 Å². The Hall–Kier alpha value is -2.46. The second kappa shape index (κ2) is 6.36. The van der Waals surface area contributed by atoms with Crippen molar-refractivity contribution in [1.29, 1.82) is 0 Å². The standard InChI is InChI=1S/C22H22F2N2/c1-14-4-7-21-17(10-14)18-13-25(3)9-8-22(18)26(21)12-15(2)16-5-6-19(23)20(24)11-16/h4-7,10-12H,8-9,13H2,1-3H3. The van der Waals surface area contributed by atoms with E-state index in [4.69, 9.17) is 0 Å². The highest BCUT2D eigenvalue weighted by Gasteiger charge is 2.21. The first kappa shape index (κ1) is 17.0. The number of nitrogens with zero attached hydrogens (tertiary/aromatic N) is 2. The molecule has 0 spiro atoms.